The molecular weight excluding hydrogens is 471 g/mol. The first kappa shape index (κ1) is 23.2. The van der Waals surface area contributed by atoms with E-state index >= 15 is 0 Å². The number of hydrogen-bond donors (Lipinski definition) is 0. The highest BCUT2D eigenvalue weighted by atomic mass is 79.9. The molecule has 168 valence electrons. The second kappa shape index (κ2) is 15.0. The van der Waals surface area contributed by atoms with Gasteiger partial charge >= 0.3 is 0 Å². The lowest BCUT2D eigenvalue weighted by Crippen LogP contribution is -3.00. The van der Waals surface area contributed by atoms with E-state index in [-0.39, 0.29) is 17.0 Å². The number of rotatable bonds is 12. The quantitative estimate of drug-likeness (QED) is 0.192. The standard InChI is InChI=1S/C30H36P.BrH/c1-2-3-4-5-6-7-8-9-10-20-27-31(28-21-14-11-15-22-28,29-23-16-12-17-24-29)30-25-18-13-19-26-30;/h6-7,9-19,21-26H,2-5,8,20,27H2,1H3;1H/q+1;/p-1/b7-6-,10-9-;/i6D,10D;. The van der Waals surface area contributed by atoms with Crippen LogP contribution in [0, 0.1) is 0 Å². The predicted octanol–water partition coefficient (Wildman–Crippen LogP) is 4.46. The summed E-state index contributed by atoms with van der Waals surface area (Å²) in [4.78, 5) is 0. The Kier molecular flexibility index (Phi) is 10.9. The van der Waals surface area contributed by atoms with Gasteiger partial charge in [-0.15, -0.1) is 0 Å². The first-order valence-electron chi connectivity index (χ1n) is 12.5. The summed E-state index contributed by atoms with van der Waals surface area (Å²) in [6.45, 7) is 2.19. The van der Waals surface area contributed by atoms with Gasteiger partial charge in [-0.2, -0.15) is 0 Å². The van der Waals surface area contributed by atoms with Crippen molar-refractivity contribution in [1.29, 1.82) is 0 Å². The van der Waals surface area contributed by atoms with Crippen molar-refractivity contribution in [2.24, 2.45) is 0 Å². The Balaban J connectivity index is 0.00000408. The van der Waals surface area contributed by atoms with Crippen LogP contribution < -0.4 is 32.9 Å². The maximum atomic E-state index is 8.64. The van der Waals surface area contributed by atoms with Crippen LogP contribution in [0.1, 0.15) is 48.2 Å². The number of benzene rings is 3. The van der Waals surface area contributed by atoms with E-state index in [4.69, 9.17) is 2.74 Å². The van der Waals surface area contributed by atoms with Gasteiger partial charge in [0, 0.05) is 6.42 Å². The van der Waals surface area contributed by atoms with Gasteiger partial charge in [0.15, 0.2) is 0 Å². The lowest BCUT2D eigenvalue weighted by molar-refractivity contribution is -0.00000619. The van der Waals surface area contributed by atoms with Gasteiger partial charge in [-0.05, 0) is 55.7 Å². The van der Waals surface area contributed by atoms with Gasteiger partial charge in [-0.3, -0.25) is 0 Å². The van der Waals surface area contributed by atoms with E-state index in [1.165, 1.54) is 28.8 Å². The minimum atomic E-state index is -1.89. The molecule has 0 radical (unpaired) electrons. The fourth-order valence-electron chi connectivity index (χ4n) is 4.02. The number of halogens is 1. The van der Waals surface area contributed by atoms with Gasteiger partial charge in [0.05, 0.1) is 8.90 Å². The molecule has 0 aliphatic heterocycles. The Morgan fingerprint density at radius 1 is 0.656 bits per heavy atom. The average Bonchev–Trinajstić information content (AvgIpc) is 2.86. The highest BCUT2D eigenvalue weighted by Gasteiger charge is 2.44. The van der Waals surface area contributed by atoms with Crippen LogP contribution in [-0.2, 0) is 0 Å². The van der Waals surface area contributed by atoms with Crippen LogP contribution in [0.15, 0.2) is 115 Å². The third-order valence-corrected chi connectivity index (χ3v) is 10.1. The highest BCUT2D eigenvalue weighted by Crippen LogP contribution is 2.55. The molecule has 0 spiro atoms. The molecule has 0 unspecified atom stereocenters. The summed E-state index contributed by atoms with van der Waals surface area (Å²) >= 11 is 0. The topological polar surface area (TPSA) is 0 Å². The van der Waals surface area contributed by atoms with Gasteiger partial charge in [-0.1, -0.05) is 98.6 Å². The van der Waals surface area contributed by atoms with Crippen LogP contribution in [0.25, 0.3) is 0 Å². The molecule has 2 heteroatoms. The molecule has 0 amide bonds. The molecular formula is C30H36BrP. The summed E-state index contributed by atoms with van der Waals surface area (Å²) in [5, 5.41) is 4.08. The van der Waals surface area contributed by atoms with Crippen LogP contribution in [0.3, 0.4) is 0 Å². The fraction of sp³-hybridized carbons (Fsp3) is 0.267. The van der Waals surface area contributed by atoms with Gasteiger partial charge in [0.25, 0.3) is 0 Å². The second-order valence-electron chi connectivity index (χ2n) is 7.80. The summed E-state index contributed by atoms with van der Waals surface area (Å²) in [6.07, 6.45) is 10.6. The lowest BCUT2D eigenvalue weighted by Gasteiger charge is -2.27. The molecule has 32 heavy (non-hydrogen) atoms. The Labute approximate surface area is 209 Å². The summed E-state index contributed by atoms with van der Waals surface area (Å²) in [7, 11) is -1.89. The zero-order chi connectivity index (χ0) is 23.4. The third-order valence-electron chi connectivity index (χ3n) is 5.63. The van der Waals surface area contributed by atoms with Gasteiger partial charge in [0.1, 0.15) is 23.2 Å². The molecule has 0 saturated carbocycles. The molecule has 3 aromatic carbocycles. The molecule has 0 bridgehead atoms. The monoisotopic (exact) mass is 508 g/mol. The highest BCUT2D eigenvalue weighted by molar-refractivity contribution is 7.95. The Morgan fingerprint density at radius 2 is 1.09 bits per heavy atom. The average molecular weight is 510 g/mol. The summed E-state index contributed by atoms with van der Waals surface area (Å²) < 4.78 is 16.7. The van der Waals surface area contributed by atoms with Gasteiger partial charge in [-0.25, -0.2) is 0 Å². The van der Waals surface area contributed by atoms with Crippen LogP contribution >= 0.6 is 7.26 Å². The lowest BCUT2D eigenvalue weighted by atomic mass is 10.2. The van der Waals surface area contributed by atoms with Crippen LogP contribution in [-0.4, -0.2) is 6.16 Å². The first-order valence-corrected chi connectivity index (χ1v) is 13.5. The van der Waals surface area contributed by atoms with Crippen molar-refractivity contribution in [2.75, 3.05) is 6.16 Å². The van der Waals surface area contributed by atoms with E-state index in [1.807, 2.05) is 12.2 Å². The summed E-state index contributed by atoms with van der Waals surface area (Å²) in [6, 6.07) is 33.9. The summed E-state index contributed by atoms with van der Waals surface area (Å²) in [5.74, 6) is 0. The molecule has 0 atom stereocenters. The van der Waals surface area contributed by atoms with Crippen molar-refractivity contribution in [2.45, 2.75) is 45.4 Å². The zero-order valence-corrected chi connectivity index (χ0v) is 21.6. The second-order valence-corrected chi connectivity index (χ2v) is 11.4. The van der Waals surface area contributed by atoms with Crippen molar-refractivity contribution >= 4 is 23.2 Å². The van der Waals surface area contributed by atoms with Crippen molar-refractivity contribution in [3.8, 4) is 0 Å². The molecule has 0 nitrogen and oxygen atoms in total. The number of unbranched alkanes of at least 4 members (excludes halogenated alkanes) is 2. The summed E-state index contributed by atoms with van der Waals surface area (Å²) in [5.41, 5.74) is 0. The van der Waals surface area contributed by atoms with E-state index in [2.05, 4.69) is 97.9 Å². The first-order chi connectivity index (χ1) is 16.2. The molecule has 0 aromatic heterocycles. The molecule has 0 saturated heterocycles. The van der Waals surface area contributed by atoms with E-state index in [9.17, 15) is 0 Å². The Hall–Kier alpha value is -1.95. The van der Waals surface area contributed by atoms with Gasteiger partial charge < -0.3 is 17.0 Å². The molecule has 0 N–H and O–H groups in total. The van der Waals surface area contributed by atoms with Crippen molar-refractivity contribution in [3.05, 3.63) is 115 Å². The normalized spacial score (nSPS) is 13.2. The van der Waals surface area contributed by atoms with E-state index in [0.29, 0.717) is 18.5 Å². The molecule has 3 aromatic rings. The number of allylic oxidation sites excluding steroid dienone is 4. The largest absolute Gasteiger partial charge is 1.00 e. The molecule has 3 rings (SSSR count). The molecule has 0 aliphatic carbocycles. The van der Waals surface area contributed by atoms with Crippen molar-refractivity contribution in [3.63, 3.8) is 0 Å². The predicted molar refractivity (Wildman–Crippen MR) is 142 cm³/mol. The maximum Gasteiger partial charge on any atom is 0.112 e. The third kappa shape index (κ3) is 7.29. The van der Waals surface area contributed by atoms with E-state index < -0.39 is 7.26 Å². The fourth-order valence-corrected chi connectivity index (χ4v) is 8.20. The van der Waals surface area contributed by atoms with E-state index in [1.54, 1.807) is 0 Å². The van der Waals surface area contributed by atoms with Crippen molar-refractivity contribution < 1.29 is 19.7 Å². The number of hydrogen-bond acceptors (Lipinski definition) is 0. The Morgan fingerprint density at radius 3 is 1.53 bits per heavy atom. The van der Waals surface area contributed by atoms with E-state index in [0.717, 1.165) is 25.4 Å². The van der Waals surface area contributed by atoms with Crippen molar-refractivity contribution in [1.82, 2.24) is 0 Å². The van der Waals surface area contributed by atoms with Crippen LogP contribution in [0.5, 0.6) is 0 Å². The minimum Gasteiger partial charge on any atom is -1.00 e. The molecule has 0 fully saturated rings. The molecule has 0 heterocycles. The maximum absolute atomic E-state index is 8.64. The van der Waals surface area contributed by atoms with Crippen LogP contribution in [0.4, 0.5) is 0 Å². The SMILES string of the molecule is [2H]/C(=C/C/C=C(/[2H])CC[P+](c1ccccc1)(c1ccccc1)c1ccccc1)CCCCC.[Br-]. The smallest absolute Gasteiger partial charge is 0.112 e. The minimum absolute atomic E-state index is 0. The Bertz CT molecular complexity index is 921. The van der Waals surface area contributed by atoms with Gasteiger partial charge in [0.2, 0.25) is 0 Å². The zero-order valence-electron chi connectivity index (χ0n) is 21.1. The molecule has 0 aliphatic rings. The van der Waals surface area contributed by atoms with Crippen LogP contribution in [0.2, 0.25) is 0 Å².